The highest BCUT2D eigenvalue weighted by Crippen LogP contribution is 2.40. The molecule has 2 N–H and O–H groups in total. The highest BCUT2D eigenvalue weighted by atomic mass is 35.5. The van der Waals surface area contributed by atoms with Gasteiger partial charge in [-0.15, -0.1) is 0 Å². The van der Waals surface area contributed by atoms with Crippen LogP contribution < -0.4 is 10.6 Å². The number of nitrogen functional groups attached to an aromatic ring is 1. The number of carbonyl (C=O) groups excluding carboxylic acids is 1. The average molecular weight is 509 g/mol. The van der Waals surface area contributed by atoms with Crippen LogP contribution in [0.25, 0.3) is 5.65 Å². The van der Waals surface area contributed by atoms with Crippen molar-refractivity contribution in [1.82, 2.24) is 19.3 Å². The summed E-state index contributed by atoms with van der Waals surface area (Å²) in [5, 5.41) is 0.00910. The van der Waals surface area contributed by atoms with Crippen LogP contribution in [0.2, 0.25) is 5.02 Å². The van der Waals surface area contributed by atoms with E-state index in [0.717, 1.165) is 18.0 Å². The molecule has 1 fully saturated rings. The van der Waals surface area contributed by atoms with Crippen LogP contribution in [0.5, 0.6) is 0 Å². The van der Waals surface area contributed by atoms with Crippen LogP contribution >= 0.6 is 11.6 Å². The number of imidazole rings is 1. The Labute approximate surface area is 204 Å². The predicted molar refractivity (Wildman–Crippen MR) is 124 cm³/mol. The van der Waals surface area contributed by atoms with Crippen molar-refractivity contribution in [1.29, 1.82) is 0 Å². The topological polar surface area (TPSA) is 89.0 Å². The molecule has 12 heteroatoms. The van der Waals surface area contributed by atoms with Crippen LogP contribution in [0.3, 0.4) is 0 Å². The minimum Gasteiger partial charge on any atom is -0.382 e. The Morgan fingerprint density at radius 3 is 2.74 bits per heavy atom. The summed E-state index contributed by atoms with van der Waals surface area (Å²) >= 11 is 6.28. The quantitative estimate of drug-likeness (QED) is 0.567. The predicted octanol–water partition coefficient (Wildman–Crippen LogP) is 3.72. The minimum absolute atomic E-state index is 0.00910. The van der Waals surface area contributed by atoms with Gasteiger partial charge in [0.25, 0.3) is 5.91 Å². The molecule has 4 heterocycles. The molecule has 0 aliphatic carbocycles. The summed E-state index contributed by atoms with van der Waals surface area (Å²) in [6.45, 7) is 4.74. The summed E-state index contributed by atoms with van der Waals surface area (Å²) < 4.78 is 47.5. The molecule has 3 aromatic rings. The monoisotopic (exact) mass is 508 g/mol. The van der Waals surface area contributed by atoms with Crippen molar-refractivity contribution in [3.05, 3.63) is 52.4 Å². The number of carbonyl (C=O) groups is 1. The van der Waals surface area contributed by atoms with Gasteiger partial charge in [0.1, 0.15) is 11.6 Å². The lowest BCUT2D eigenvalue weighted by atomic mass is 9.91. The summed E-state index contributed by atoms with van der Waals surface area (Å²) in [6, 6.07) is 1.56. The zero-order chi connectivity index (χ0) is 25.1. The van der Waals surface area contributed by atoms with E-state index in [4.69, 9.17) is 22.1 Å². The van der Waals surface area contributed by atoms with Crippen molar-refractivity contribution >= 4 is 34.8 Å². The molecule has 35 heavy (non-hydrogen) atoms. The molecule has 3 atom stereocenters. The van der Waals surface area contributed by atoms with Gasteiger partial charge in [-0.25, -0.2) is 4.98 Å². The SMILES string of the molecule is C[C@@H]1CN(c2cncc3nc(N)cn23)C[C@H](C(=O)N2CCc3cc(C(F)(F)F)cc(Cl)c3[C@@H]2C)O1. The molecular formula is C23H24ClF3N6O2. The fourth-order valence-electron chi connectivity index (χ4n) is 5.02. The number of morpholine rings is 1. The second-order valence-corrected chi connectivity index (χ2v) is 9.39. The van der Waals surface area contributed by atoms with E-state index >= 15 is 0 Å². The van der Waals surface area contributed by atoms with E-state index in [-0.39, 0.29) is 36.5 Å². The number of benzene rings is 1. The van der Waals surface area contributed by atoms with Gasteiger partial charge < -0.3 is 20.3 Å². The second-order valence-electron chi connectivity index (χ2n) is 8.99. The van der Waals surface area contributed by atoms with Crippen LogP contribution in [0.15, 0.2) is 30.7 Å². The Morgan fingerprint density at radius 1 is 1.23 bits per heavy atom. The van der Waals surface area contributed by atoms with E-state index in [0.29, 0.717) is 29.1 Å². The van der Waals surface area contributed by atoms with Gasteiger partial charge in [0.2, 0.25) is 0 Å². The van der Waals surface area contributed by atoms with Crippen molar-refractivity contribution < 1.29 is 22.7 Å². The number of alkyl halides is 3. The van der Waals surface area contributed by atoms with E-state index in [2.05, 4.69) is 9.97 Å². The zero-order valence-electron chi connectivity index (χ0n) is 19.1. The lowest BCUT2D eigenvalue weighted by molar-refractivity contribution is -0.151. The number of halogens is 4. The molecule has 186 valence electrons. The molecule has 8 nitrogen and oxygen atoms in total. The fourth-order valence-corrected chi connectivity index (χ4v) is 5.42. The molecular weight excluding hydrogens is 485 g/mol. The number of hydrogen-bond acceptors (Lipinski definition) is 6. The Kier molecular flexibility index (Phi) is 5.79. The van der Waals surface area contributed by atoms with Gasteiger partial charge in [0.15, 0.2) is 11.8 Å². The van der Waals surface area contributed by atoms with Gasteiger partial charge >= 0.3 is 6.18 Å². The maximum atomic E-state index is 13.6. The first-order chi connectivity index (χ1) is 16.5. The number of anilines is 2. The van der Waals surface area contributed by atoms with Crippen molar-refractivity contribution in [2.24, 2.45) is 0 Å². The normalized spacial score (nSPS) is 23.0. The number of amides is 1. The van der Waals surface area contributed by atoms with E-state index < -0.39 is 23.9 Å². The number of ether oxygens (including phenoxy) is 1. The van der Waals surface area contributed by atoms with Gasteiger partial charge in [-0.3, -0.25) is 14.2 Å². The Hall–Kier alpha value is -3.05. The first-order valence-corrected chi connectivity index (χ1v) is 11.6. The molecule has 5 rings (SSSR count). The Morgan fingerprint density at radius 2 is 2.00 bits per heavy atom. The largest absolute Gasteiger partial charge is 0.416 e. The smallest absolute Gasteiger partial charge is 0.382 e. The molecule has 0 unspecified atom stereocenters. The van der Waals surface area contributed by atoms with E-state index in [1.165, 1.54) is 0 Å². The first kappa shape index (κ1) is 23.7. The number of nitrogens with zero attached hydrogens (tertiary/aromatic N) is 5. The zero-order valence-corrected chi connectivity index (χ0v) is 19.8. The summed E-state index contributed by atoms with van der Waals surface area (Å²) in [6.07, 6.45) is -0.241. The number of aromatic nitrogens is 3. The minimum atomic E-state index is -4.48. The maximum absolute atomic E-state index is 13.6. The molecule has 2 aromatic heterocycles. The lowest BCUT2D eigenvalue weighted by Gasteiger charge is -2.42. The number of fused-ring (bicyclic) bond motifs is 2. The summed E-state index contributed by atoms with van der Waals surface area (Å²) in [5.74, 6) is 0.861. The first-order valence-electron chi connectivity index (χ1n) is 11.2. The molecule has 0 saturated carbocycles. The standard InChI is InChI=1S/C23H24ClF3N6O2/c1-12-9-31(20-8-29-7-19-30-18(28)11-33(19)20)10-17(35-12)22(34)32-4-3-14-5-15(23(25,26)27)6-16(24)21(14)13(32)2/h5-8,11-13,17H,3-4,9-10,28H2,1-2H3/t12-,13+,17-/m1/s1. The second kappa shape index (κ2) is 8.56. The molecule has 1 amide bonds. The van der Waals surface area contributed by atoms with Gasteiger partial charge in [0, 0.05) is 18.1 Å². The van der Waals surface area contributed by atoms with Crippen molar-refractivity contribution in [2.75, 3.05) is 30.3 Å². The molecule has 0 radical (unpaired) electrons. The van der Waals surface area contributed by atoms with Gasteiger partial charge in [-0.2, -0.15) is 13.2 Å². The van der Waals surface area contributed by atoms with Crippen molar-refractivity contribution in [3.8, 4) is 0 Å². The van der Waals surface area contributed by atoms with E-state index in [1.54, 1.807) is 30.4 Å². The summed E-state index contributed by atoms with van der Waals surface area (Å²) in [4.78, 5) is 25.7. The average Bonchev–Trinajstić information content (AvgIpc) is 3.17. The molecule has 0 spiro atoms. The Bertz CT molecular complexity index is 1300. The summed E-state index contributed by atoms with van der Waals surface area (Å²) in [5.41, 5.74) is 6.72. The summed E-state index contributed by atoms with van der Waals surface area (Å²) in [7, 11) is 0. The third kappa shape index (κ3) is 4.27. The number of hydrogen-bond donors (Lipinski definition) is 1. The number of nitrogens with two attached hydrogens (primary N) is 1. The van der Waals surface area contributed by atoms with Crippen LogP contribution in [-0.2, 0) is 22.1 Å². The van der Waals surface area contributed by atoms with Crippen LogP contribution in [0, 0.1) is 0 Å². The molecule has 0 bridgehead atoms. The van der Waals surface area contributed by atoms with Crippen LogP contribution in [0.4, 0.5) is 24.8 Å². The van der Waals surface area contributed by atoms with Crippen LogP contribution in [0.1, 0.15) is 36.6 Å². The van der Waals surface area contributed by atoms with Gasteiger partial charge in [0.05, 0.1) is 42.8 Å². The highest BCUT2D eigenvalue weighted by Gasteiger charge is 2.39. The van der Waals surface area contributed by atoms with Gasteiger partial charge in [-0.05, 0) is 43.5 Å². The fraction of sp³-hybridized carbons (Fsp3) is 0.435. The Balaban J connectivity index is 1.40. The van der Waals surface area contributed by atoms with Crippen LogP contribution in [-0.4, -0.2) is 57.0 Å². The molecule has 1 saturated heterocycles. The lowest BCUT2D eigenvalue weighted by Crippen LogP contribution is -2.55. The molecule has 1 aromatic carbocycles. The van der Waals surface area contributed by atoms with E-state index in [9.17, 15) is 18.0 Å². The van der Waals surface area contributed by atoms with E-state index in [1.807, 2.05) is 16.2 Å². The maximum Gasteiger partial charge on any atom is 0.416 e. The van der Waals surface area contributed by atoms with Crippen molar-refractivity contribution in [2.45, 2.75) is 44.7 Å². The van der Waals surface area contributed by atoms with Gasteiger partial charge in [-0.1, -0.05) is 11.6 Å². The molecule has 2 aliphatic heterocycles. The third-order valence-electron chi connectivity index (χ3n) is 6.57. The number of rotatable bonds is 2. The third-order valence-corrected chi connectivity index (χ3v) is 6.88. The molecule has 2 aliphatic rings. The highest BCUT2D eigenvalue weighted by molar-refractivity contribution is 6.31. The van der Waals surface area contributed by atoms with Crippen molar-refractivity contribution in [3.63, 3.8) is 0 Å².